The second-order valence-electron chi connectivity index (χ2n) is 6.87. The SMILES string of the molecule is CCc1nncn1CCNC(=NCC1CCOC1)NCCSc1ccc(Cl)cc1.I. The van der Waals surface area contributed by atoms with Crippen molar-refractivity contribution < 1.29 is 4.74 Å². The minimum absolute atomic E-state index is 0. The summed E-state index contributed by atoms with van der Waals surface area (Å²) >= 11 is 7.74. The molecule has 0 saturated carbocycles. The molecule has 1 atom stereocenters. The number of benzene rings is 1. The molecule has 2 heterocycles. The van der Waals surface area contributed by atoms with Crippen LogP contribution in [0.1, 0.15) is 19.2 Å². The lowest BCUT2D eigenvalue weighted by atomic mass is 10.1. The van der Waals surface area contributed by atoms with Crippen LogP contribution in [0.25, 0.3) is 0 Å². The number of hydrogen-bond donors (Lipinski definition) is 2. The first-order valence-electron chi connectivity index (χ1n) is 10.1. The Bertz CT molecular complexity index is 767. The number of rotatable bonds is 10. The van der Waals surface area contributed by atoms with Crippen LogP contribution in [0.15, 0.2) is 40.5 Å². The van der Waals surface area contributed by atoms with E-state index in [0.29, 0.717) is 5.92 Å². The molecule has 1 fully saturated rings. The molecule has 10 heteroatoms. The fourth-order valence-corrected chi connectivity index (χ4v) is 3.92. The standard InChI is InChI=1S/C20H29ClN6OS.HI/c1-2-19-26-25-15-27(19)10-8-22-20(24-13-16-7-11-28-14-16)23-9-12-29-18-5-3-17(21)4-6-18;/h3-6,15-16H,2,7-14H2,1H3,(H2,22,23,24);1H. The molecule has 0 spiro atoms. The summed E-state index contributed by atoms with van der Waals surface area (Å²) in [6.07, 6.45) is 3.75. The van der Waals surface area contributed by atoms with Crippen LogP contribution in [0, 0.1) is 5.92 Å². The maximum Gasteiger partial charge on any atom is 0.191 e. The Morgan fingerprint density at radius 2 is 2.10 bits per heavy atom. The fourth-order valence-electron chi connectivity index (χ4n) is 3.03. The number of ether oxygens (including phenoxy) is 1. The maximum absolute atomic E-state index is 5.94. The average molecular weight is 565 g/mol. The summed E-state index contributed by atoms with van der Waals surface area (Å²) in [4.78, 5) is 5.98. The van der Waals surface area contributed by atoms with E-state index in [-0.39, 0.29) is 24.0 Å². The van der Waals surface area contributed by atoms with Crippen molar-refractivity contribution in [1.82, 2.24) is 25.4 Å². The minimum atomic E-state index is 0. The predicted octanol–water partition coefficient (Wildman–Crippen LogP) is 3.48. The molecule has 7 nitrogen and oxygen atoms in total. The third-order valence-corrected chi connectivity index (χ3v) is 5.93. The summed E-state index contributed by atoms with van der Waals surface area (Å²) in [6.45, 7) is 6.93. The van der Waals surface area contributed by atoms with Crippen LogP contribution in [-0.4, -0.2) is 59.3 Å². The van der Waals surface area contributed by atoms with Crippen molar-refractivity contribution in [3.63, 3.8) is 0 Å². The Hall–Kier alpha value is -1.04. The van der Waals surface area contributed by atoms with E-state index in [9.17, 15) is 0 Å². The first kappa shape index (κ1) is 25.2. The van der Waals surface area contributed by atoms with Gasteiger partial charge in [-0.25, -0.2) is 0 Å². The Labute approximate surface area is 204 Å². The first-order chi connectivity index (χ1) is 14.2. The summed E-state index contributed by atoms with van der Waals surface area (Å²) in [7, 11) is 0. The van der Waals surface area contributed by atoms with Gasteiger partial charge in [0, 0.05) is 60.8 Å². The fraction of sp³-hybridized carbons (Fsp3) is 0.550. The summed E-state index contributed by atoms with van der Waals surface area (Å²) in [5.74, 6) is 3.31. The average Bonchev–Trinajstić information content (AvgIpc) is 3.41. The van der Waals surface area contributed by atoms with Crippen molar-refractivity contribution in [1.29, 1.82) is 0 Å². The molecule has 1 aliphatic heterocycles. The monoisotopic (exact) mass is 564 g/mol. The van der Waals surface area contributed by atoms with Crippen LogP contribution >= 0.6 is 47.3 Å². The molecule has 30 heavy (non-hydrogen) atoms. The van der Waals surface area contributed by atoms with Crippen LogP contribution < -0.4 is 10.6 Å². The van der Waals surface area contributed by atoms with Crippen molar-refractivity contribution in [2.75, 3.05) is 38.6 Å². The molecule has 1 unspecified atom stereocenters. The summed E-state index contributed by atoms with van der Waals surface area (Å²) in [5, 5.41) is 15.8. The van der Waals surface area contributed by atoms with Crippen LogP contribution in [0.4, 0.5) is 0 Å². The third kappa shape index (κ3) is 8.60. The Morgan fingerprint density at radius 3 is 2.83 bits per heavy atom. The van der Waals surface area contributed by atoms with Crippen molar-refractivity contribution in [3.05, 3.63) is 41.4 Å². The zero-order valence-electron chi connectivity index (χ0n) is 17.2. The van der Waals surface area contributed by atoms with Gasteiger partial charge in [0.1, 0.15) is 12.2 Å². The maximum atomic E-state index is 5.94. The van der Waals surface area contributed by atoms with Gasteiger partial charge in [0.05, 0.1) is 6.61 Å². The highest BCUT2D eigenvalue weighted by Gasteiger charge is 2.15. The molecule has 2 aromatic rings. The number of nitrogens with zero attached hydrogens (tertiary/aromatic N) is 4. The van der Waals surface area contributed by atoms with Crippen molar-refractivity contribution >= 4 is 53.3 Å². The molecular formula is C20H30ClIN6OS. The molecule has 1 aromatic carbocycles. The molecular weight excluding hydrogens is 535 g/mol. The molecule has 3 rings (SSSR count). The van der Waals surface area contributed by atoms with Crippen LogP contribution in [0.5, 0.6) is 0 Å². The Kier molecular flexibility index (Phi) is 11.9. The van der Waals surface area contributed by atoms with Gasteiger partial charge in [0.25, 0.3) is 0 Å². The summed E-state index contributed by atoms with van der Waals surface area (Å²) in [5.41, 5.74) is 0. The number of guanidine groups is 1. The second kappa shape index (κ2) is 14.1. The lowest BCUT2D eigenvalue weighted by Crippen LogP contribution is -2.40. The highest BCUT2D eigenvalue weighted by Crippen LogP contribution is 2.19. The molecule has 0 radical (unpaired) electrons. The van der Waals surface area contributed by atoms with E-state index in [0.717, 1.165) is 74.8 Å². The van der Waals surface area contributed by atoms with Crippen LogP contribution in [0.2, 0.25) is 5.02 Å². The van der Waals surface area contributed by atoms with Gasteiger partial charge in [-0.1, -0.05) is 18.5 Å². The van der Waals surface area contributed by atoms with Crippen LogP contribution in [-0.2, 0) is 17.7 Å². The summed E-state index contributed by atoms with van der Waals surface area (Å²) < 4.78 is 7.54. The van der Waals surface area contributed by atoms with Gasteiger partial charge >= 0.3 is 0 Å². The quantitative estimate of drug-likeness (QED) is 0.151. The Balaban J connectivity index is 0.00000320. The second-order valence-corrected chi connectivity index (χ2v) is 8.47. The zero-order chi connectivity index (χ0) is 20.3. The number of nitrogens with one attached hydrogen (secondary N) is 2. The predicted molar refractivity (Wildman–Crippen MR) is 134 cm³/mol. The van der Waals surface area contributed by atoms with Gasteiger partial charge in [-0.05, 0) is 30.7 Å². The minimum Gasteiger partial charge on any atom is -0.381 e. The van der Waals surface area contributed by atoms with Crippen LogP contribution in [0.3, 0.4) is 0 Å². The van der Waals surface area contributed by atoms with Gasteiger partial charge in [0.2, 0.25) is 0 Å². The normalized spacial score (nSPS) is 16.3. The molecule has 0 bridgehead atoms. The topological polar surface area (TPSA) is 76.4 Å². The molecule has 1 saturated heterocycles. The first-order valence-corrected chi connectivity index (χ1v) is 11.5. The van der Waals surface area contributed by atoms with Gasteiger partial charge in [-0.2, -0.15) is 0 Å². The molecule has 1 aliphatic rings. The van der Waals surface area contributed by atoms with Gasteiger partial charge in [0.15, 0.2) is 5.96 Å². The smallest absolute Gasteiger partial charge is 0.191 e. The molecule has 0 aliphatic carbocycles. The van der Waals surface area contributed by atoms with E-state index in [1.54, 1.807) is 18.1 Å². The van der Waals surface area contributed by atoms with E-state index in [2.05, 4.69) is 32.3 Å². The number of aromatic nitrogens is 3. The number of hydrogen-bond acceptors (Lipinski definition) is 5. The third-order valence-electron chi connectivity index (χ3n) is 4.67. The number of halogens is 2. The number of aliphatic imine (C=N–C) groups is 1. The molecule has 1 aromatic heterocycles. The molecule has 166 valence electrons. The van der Waals surface area contributed by atoms with Crippen molar-refractivity contribution in [3.8, 4) is 0 Å². The van der Waals surface area contributed by atoms with Gasteiger partial charge in [-0.15, -0.1) is 45.9 Å². The van der Waals surface area contributed by atoms with E-state index in [1.165, 1.54) is 4.90 Å². The van der Waals surface area contributed by atoms with Gasteiger partial charge < -0.3 is 19.9 Å². The number of aryl methyl sites for hydroxylation is 1. The number of thioether (sulfide) groups is 1. The highest BCUT2D eigenvalue weighted by molar-refractivity contribution is 14.0. The van der Waals surface area contributed by atoms with E-state index < -0.39 is 0 Å². The Morgan fingerprint density at radius 1 is 1.30 bits per heavy atom. The lowest BCUT2D eigenvalue weighted by Gasteiger charge is -2.14. The largest absolute Gasteiger partial charge is 0.381 e. The zero-order valence-corrected chi connectivity index (χ0v) is 21.1. The summed E-state index contributed by atoms with van der Waals surface area (Å²) in [6, 6.07) is 7.94. The highest BCUT2D eigenvalue weighted by atomic mass is 127. The van der Waals surface area contributed by atoms with E-state index in [4.69, 9.17) is 21.3 Å². The van der Waals surface area contributed by atoms with E-state index in [1.807, 2.05) is 24.3 Å². The lowest BCUT2D eigenvalue weighted by molar-refractivity contribution is 0.187. The van der Waals surface area contributed by atoms with Crippen molar-refractivity contribution in [2.45, 2.75) is 31.2 Å². The van der Waals surface area contributed by atoms with E-state index >= 15 is 0 Å². The van der Waals surface area contributed by atoms with Crippen molar-refractivity contribution in [2.24, 2.45) is 10.9 Å². The molecule has 0 amide bonds. The molecule has 2 N–H and O–H groups in total. The van der Waals surface area contributed by atoms with Gasteiger partial charge in [-0.3, -0.25) is 4.99 Å².